The lowest BCUT2D eigenvalue weighted by Crippen LogP contribution is -2.67. The zero-order chi connectivity index (χ0) is 26.6. The molecule has 0 saturated carbocycles. The number of rotatable bonds is 16. The summed E-state index contributed by atoms with van der Waals surface area (Å²) in [5, 5.41) is 0. The van der Waals surface area contributed by atoms with Crippen LogP contribution in [0.5, 0.6) is 0 Å². The van der Waals surface area contributed by atoms with Crippen LogP contribution < -0.4 is 0 Å². The maximum absolute atomic E-state index is 6.82. The highest BCUT2D eigenvalue weighted by Gasteiger charge is 2.58. The van der Waals surface area contributed by atoms with Crippen LogP contribution in [0, 0.1) is 0 Å². The van der Waals surface area contributed by atoms with Crippen LogP contribution in [-0.4, -0.2) is 66.3 Å². The monoisotopic (exact) mass is 590 g/mol. The van der Waals surface area contributed by atoms with E-state index >= 15 is 0 Å². The fourth-order valence-electron chi connectivity index (χ4n) is 3.27. The van der Waals surface area contributed by atoms with E-state index in [0.29, 0.717) is 0 Å². The van der Waals surface area contributed by atoms with Crippen molar-refractivity contribution < 1.29 is 29.1 Å². The molecular formula is C19H54O7Si7. The van der Waals surface area contributed by atoms with Gasteiger partial charge in [-0.2, -0.15) is 0 Å². The summed E-state index contributed by atoms with van der Waals surface area (Å²) in [6.07, 6.45) is 2.14. The smallest absolute Gasteiger partial charge is 0.416 e. The van der Waals surface area contributed by atoms with E-state index in [-0.39, 0.29) is 0 Å². The lowest BCUT2D eigenvalue weighted by molar-refractivity contribution is 0.132. The fourth-order valence-corrected chi connectivity index (χ4v) is 29.4. The summed E-state index contributed by atoms with van der Waals surface area (Å²) in [6.45, 7) is 34.7. The Morgan fingerprint density at radius 3 is 1.09 bits per heavy atom. The van der Waals surface area contributed by atoms with E-state index in [9.17, 15) is 0 Å². The van der Waals surface area contributed by atoms with Crippen molar-refractivity contribution in [3.8, 4) is 0 Å². The largest absolute Gasteiger partial charge is 0.638 e. The molecule has 0 spiro atoms. The first kappa shape index (κ1) is 34.2. The average Bonchev–Trinajstić information content (AvgIpc) is 2.36. The zero-order valence-corrected chi connectivity index (χ0v) is 31.5. The van der Waals surface area contributed by atoms with Crippen molar-refractivity contribution in [3.05, 3.63) is 0 Å². The van der Waals surface area contributed by atoms with Crippen molar-refractivity contribution in [3.63, 3.8) is 0 Å². The molecule has 14 heteroatoms. The van der Waals surface area contributed by atoms with E-state index in [0.717, 1.165) is 19.4 Å². The summed E-state index contributed by atoms with van der Waals surface area (Å²) in [7, 11) is -17.2. The number of hydrogen-bond donors (Lipinski definition) is 0. The second-order valence-electron chi connectivity index (χ2n) is 12.9. The van der Waals surface area contributed by atoms with Crippen molar-refractivity contribution in [2.75, 3.05) is 6.61 Å². The maximum atomic E-state index is 6.82. The van der Waals surface area contributed by atoms with Crippen molar-refractivity contribution in [1.29, 1.82) is 0 Å². The summed E-state index contributed by atoms with van der Waals surface area (Å²) in [4.78, 5) is 0. The molecule has 0 saturated heterocycles. The Balaban J connectivity index is 5.90. The average molecular weight is 591 g/mol. The maximum Gasteiger partial charge on any atom is 0.638 e. The molecule has 0 amide bonds. The molecule has 0 aliphatic rings. The van der Waals surface area contributed by atoms with Gasteiger partial charge in [-0.25, -0.2) is 0 Å². The van der Waals surface area contributed by atoms with Crippen LogP contribution in [0.4, 0.5) is 0 Å². The van der Waals surface area contributed by atoms with Gasteiger partial charge in [-0.05, 0) is 105 Å². The first-order chi connectivity index (χ1) is 14.3. The minimum absolute atomic E-state index is 0.728. The van der Waals surface area contributed by atoms with Gasteiger partial charge >= 0.3 is 34.7 Å². The first-order valence-electron chi connectivity index (χ1n) is 12.1. The summed E-state index contributed by atoms with van der Waals surface area (Å²) in [6, 6.07) is 0. The highest BCUT2D eigenvalue weighted by molar-refractivity contribution is 6.92. The van der Waals surface area contributed by atoms with Gasteiger partial charge in [0.25, 0.3) is 0 Å². The van der Waals surface area contributed by atoms with E-state index in [4.69, 9.17) is 29.1 Å². The van der Waals surface area contributed by atoms with Crippen LogP contribution in [0.2, 0.25) is 98.2 Å². The van der Waals surface area contributed by atoms with E-state index < -0.39 is 59.7 Å². The standard InChI is InChI=1S/C19H54O7Si7/c1-17-18-19-20-30(11,12)24-31(13,14)25-32(15,16)26-33(21-27(2,3)4,22-28(5,6)7)23-29(8,9)10/h17-19H2,1-16H3. The van der Waals surface area contributed by atoms with Gasteiger partial charge < -0.3 is 29.1 Å². The molecule has 7 nitrogen and oxygen atoms in total. The normalized spacial score (nSPS) is 15.3. The highest BCUT2D eigenvalue weighted by atomic mass is 28.6. The molecule has 0 fully saturated rings. The van der Waals surface area contributed by atoms with Crippen molar-refractivity contribution in [2.24, 2.45) is 0 Å². The minimum atomic E-state index is -3.45. The molecule has 0 N–H and O–H groups in total. The van der Waals surface area contributed by atoms with Gasteiger partial charge in [-0.1, -0.05) is 13.3 Å². The van der Waals surface area contributed by atoms with Gasteiger partial charge in [0.1, 0.15) is 0 Å². The molecule has 0 aliphatic heterocycles. The van der Waals surface area contributed by atoms with E-state index in [1.54, 1.807) is 0 Å². The van der Waals surface area contributed by atoms with Gasteiger partial charge in [-0.15, -0.1) is 0 Å². The molecule has 0 heterocycles. The number of hydrogen-bond acceptors (Lipinski definition) is 7. The Labute approximate surface area is 212 Å². The van der Waals surface area contributed by atoms with Gasteiger partial charge in [0.05, 0.1) is 0 Å². The van der Waals surface area contributed by atoms with E-state index in [1.165, 1.54) is 0 Å². The lowest BCUT2D eigenvalue weighted by atomic mass is 10.4. The summed E-state index contributed by atoms with van der Waals surface area (Å²) < 4.78 is 46.2. The predicted molar refractivity (Wildman–Crippen MR) is 156 cm³/mol. The first-order valence-corrected chi connectivity index (χ1v) is 32.5. The summed E-state index contributed by atoms with van der Waals surface area (Å²) in [5.74, 6) is 0. The number of unbranched alkanes of at least 4 members (excludes halogenated alkanes) is 1. The van der Waals surface area contributed by atoms with Gasteiger partial charge in [0.2, 0.25) is 0 Å². The molecule has 0 rings (SSSR count). The fraction of sp³-hybridized carbons (Fsp3) is 1.00. The SMILES string of the molecule is CCCCO[Si](C)(C)O[Si](C)(C)O[Si](C)(C)O[Si](O[Si](C)(C)C)(O[Si](C)(C)C)O[Si](C)(C)C. The molecule has 0 bridgehead atoms. The van der Waals surface area contributed by atoms with E-state index in [2.05, 4.69) is 92.0 Å². The Morgan fingerprint density at radius 2 is 0.758 bits per heavy atom. The Kier molecular flexibility index (Phi) is 12.6. The molecule has 0 atom stereocenters. The second kappa shape index (κ2) is 12.2. The third kappa shape index (κ3) is 17.3. The minimum Gasteiger partial charge on any atom is -0.416 e. The highest BCUT2D eigenvalue weighted by Crippen LogP contribution is 2.31. The van der Waals surface area contributed by atoms with Crippen molar-refractivity contribution in [1.82, 2.24) is 0 Å². The molecular weight excluding hydrogens is 537 g/mol. The van der Waals surface area contributed by atoms with E-state index in [1.807, 2.05) is 13.1 Å². The molecule has 0 aromatic heterocycles. The van der Waals surface area contributed by atoms with Crippen LogP contribution in [0.15, 0.2) is 0 Å². The third-order valence-corrected chi connectivity index (χ3v) is 25.7. The van der Waals surface area contributed by atoms with Gasteiger partial charge in [-0.3, -0.25) is 0 Å². The molecule has 0 aromatic carbocycles. The summed E-state index contributed by atoms with van der Waals surface area (Å²) >= 11 is 0. The molecule has 200 valence electrons. The second-order valence-corrected chi connectivity index (χ2v) is 40.1. The van der Waals surface area contributed by atoms with Gasteiger partial charge in [0.15, 0.2) is 25.0 Å². The molecule has 0 radical (unpaired) electrons. The summed E-state index contributed by atoms with van der Waals surface area (Å²) in [5.41, 5.74) is 0. The van der Waals surface area contributed by atoms with Crippen molar-refractivity contribution in [2.45, 2.75) is 118 Å². The topological polar surface area (TPSA) is 64.6 Å². The lowest BCUT2D eigenvalue weighted by Gasteiger charge is -2.45. The molecule has 33 heavy (non-hydrogen) atoms. The van der Waals surface area contributed by atoms with Crippen LogP contribution in [0.3, 0.4) is 0 Å². The van der Waals surface area contributed by atoms with Crippen molar-refractivity contribution >= 4 is 59.7 Å². The molecule has 0 aliphatic carbocycles. The zero-order valence-electron chi connectivity index (χ0n) is 24.5. The van der Waals surface area contributed by atoms with Crippen LogP contribution in [0.25, 0.3) is 0 Å². The quantitative estimate of drug-likeness (QED) is 0.142. The third-order valence-electron chi connectivity index (χ3n) is 3.60. The Hall–Kier alpha value is 1.24. The molecule has 0 aromatic rings. The van der Waals surface area contributed by atoms with Crippen LogP contribution in [0.1, 0.15) is 19.8 Å². The molecule has 0 unspecified atom stereocenters. The van der Waals surface area contributed by atoms with Crippen LogP contribution >= 0.6 is 0 Å². The van der Waals surface area contributed by atoms with Gasteiger partial charge in [0, 0.05) is 6.61 Å². The Morgan fingerprint density at radius 1 is 0.424 bits per heavy atom. The van der Waals surface area contributed by atoms with Crippen LogP contribution in [-0.2, 0) is 29.1 Å². The predicted octanol–water partition coefficient (Wildman–Crippen LogP) is 6.95. The Bertz CT molecular complexity index is 556.